The van der Waals surface area contributed by atoms with E-state index in [-0.39, 0.29) is 5.29 Å². The van der Waals surface area contributed by atoms with Crippen LogP contribution in [0.2, 0.25) is 0 Å². The van der Waals surface area contributed by atoms with E-state index in [0.717, 1.165) is 12.3 Å². The third kappa shape index (κ3) is 0.691. The van der Waals surface area contributed by atoms with E-state index in [1.54, 1.807) is 0 Å². The number of hydrogen-bond acceptors (Lipinski definition) is 2. The van der Waals surface area contributed by atoms with Crippen LogP contribution in [0.25, 0.3) is 0 Å². The minimum atomic E-state index is -1.72. The summed E-state index contributed by atoms with van der Waals surface area (Å²) in [5.74, 6) is 0. The molecular weight excluding hydrogens is 104 g/mol. The first-order valence-corrected chi connectivity index (χ1v) is 1.73. The number of alkyl halides is 1. The van der Waals surface area contributed by atoms with Gasteiger partial charge in [-0.3, -0.25) is 0 Å². The van der Waals surface area contributed by atoms with Crippen LogP contribution < -0.4 is 0 Å². The Hall–Kier alpha value is -0.640. The summed E-state index contributed by atoms with van der Waals surface area (Å²) in [6, 6.07) is 0. The van der Waals surface area contributed by atoms with Gasteiger partial charge in [-0.2, -0.15) is 0 Å². The maximum Gasteiger partial charge on any atom is 0.239 e. The Bertz CT molecular complexity index is 94.9. The molecular formula is C3H3F2NO. The Balaban J connectivity index is 2.45. The molecule has 1 aliphatic heterocycles. The first-order valence-electron chi connectivity index (χ1n) is 1.73. The zero-order valence-electron chi connectivity index (χ0n) is 3.34. The van der Waals surface area contributed by atoms with Gasteiger partial charge in [0.05, 0.1) is 5.29 Å². The van der Waals surface area contributed by atoms with Crippen molar-refractivity contribution in [1.29, 1.82) is 0 Å². The van der Waals surface area contributed by atoms with E-state index >= 15 is 0 Å². The Morgan fingerprint density at radius 3 is 2.57 bits per heavy atom. The lowest BCUT2D eigenvalue weighted by atomic mass is 10.6. The van der Waals surface area contributed by atoms with Gasteiger partial charge in [-0.25, -0.2) is 4.39 Å². The monoisotopic (exact) mass is 107 g/mol. The van der Waals surface area contributed by atoms with Crippen LogP contribution in [-0.2, 0) is 4.84 Å². The first-order chi connectivity index (χ1) is 3.30. The molecule has 7 heavy (non-hydrogen) atoms. The predicted molar refractivity (Wildman–Crippen MR) is 18.1 cm³/mol. The topological polar surface area (TPSA) is 12.5 Å². The molecule has 0 saturated heterocycles. The zero-order valence-corrected chi connectivity index (χ0v) is 3.34. The molecule has 1 heterocycles. The highest BCUT2D eigenvalue weighted by atomic mass is 19.2. The Kier molecular flexibility index (Phi) is 0.941. The standard InChI is InChI=1S/C3H3F2NO/c4-3-1-2-7-6(3)5/h1-3H. The van der Waals surface area contributed by atoms with Crippen molar-refractivity contribution in [3.8, 4) is 0 Å². The van der Waals surface area contributed by atoms with Crippen molar-refractivity contribution >= 4 is 0 Å². The van der Waals surface area contributed by atoms with Crippen molar-refractivity contribution in [3.63, 3.8) is 0 Å². The van der Waals surface area contributed by atoms with E-state index in [1.807, 2.05) is 0 Å². The maximum absolute atomic E-state index is 11.7. The summed E-state index contributed by atoms with van der Waals surface area (Å²) in [7, 11) is 0. The van der Waals surface area contributed by atoms with Gasteiger partial charge in [0.25, 0.3) is 0 Å². The Morgan fingerprint density at radius 2 is 2.43 bits per heavy atom. The fraction of sp³-hybridized carbons (Fsp3) is 0.333. The predicted octanol–water partition coefficient (Wildman–Crippen LogP) is 0.927. The van der Waals surface area contributed by atoms with Crippen molar-refractivity contribution in [2.75, 3.05) is 0 Å². The number of hydrogen-bond donors (Lipinski definition) is 0. The molecule has 0 bridgehead atoms. The van der Waals surface area contributed by atoms with Crippen molar-refractivity contribution in [3.05, 3.63) is 12.3 Å². The Morgan fingerprint density at radius 1 is 1.71 bits per heavy atom. The molecule has 1 atom stereocenters. The highest BCUT2D eigenvalue weighted by Crippen LogP contribution is 2.10. The van der Waals surface area contributed by atoms with Gasteiger partial charge in [-0.05, 0) is 0 Å². The van der Waals surface area contributed by atoms with Crippen LogP contribution in [0.3, 0.4) is 0 Å². The van der Waals surface area contributed by atoms with Crippen molar-refractivity contribution in [1.82, 2.24) is 5.29 Å². The molecule has 0 aromatic carbocycles. The van der Waals surface area contributed by atoms with Crippen LogP contribution in [0.15, 0.2) is 12.3 Å². The molecule has 0 aromatic rings. The van der Waals surface area contributed by atoms with Gasteiger partial charge in [0.1, 0.15) is 6.26 Å². The minimum Gasteiger partial charge on any atom is -0.381 e. The molecule has 1 rings (SSSR count). The average Bonchev–Trinajstić information content (AvgIpc) is 1.91. The Labute approximate surface area is 38.9 Å². The molecule has 0 radical (unpaired) electrons. The van der Waals surface area contributed by atoms with Crippen LogP contribution in [0.1, 0.15) is 0 Å². The summed E-state index contributed by atoms with van der Waals surface area (Å²) in [6.45, 7) is 0. The number of halogens is 2. The van der Waals surface area contributed by atoms with Gasteiger partial charge in [0.2, 0.25) is 6.30 Å². The van der Waals surface area contributed by atoms with E-state index in [2.05, 4.69) is 4.84 Å². The highest BCUT2D eigenvalue weighted by Gasteiger charge is 2.19. The van der Waals surface area contributed by atoms with Crippen LogP contribution in [0.4, 0.5) is 8.87 Å². The van der Waals surface area contributed by atoms with Gasteiger partial charge >= 0.3 is 0 Å². The van der Waals surface area contributed by atoms with Gasteiger partial charge in [0, 0.05) is 6.08 Å². The highest BCUT2D eigenvalue weighted by molar-refractivity contribution is 4.83. The number of nitrogens with zero attached hydrogens (tertiary/aromatic N) is 1. The average molecular weight is 107 g/mol. The van der Waals surface area contributed by atoms with Crippen LogP contribution in [-0.4, -0.2) is 11.6 Å². The van der Waals surface area contributed by atoms with E-state index < -0.39 is 6.30 Å². The van der Waals surface area contributed by atoms with E-state index in [9.17, 15) is 8.87 Å². The zero-order chi connectivity index (χ0) is 5.28. The fourth-order valence-electron chi connectivity index (χ4n) is 0.284. The largest absolute Gasteiger partial charge is 0.381 e. The van der Waals surface area contributed by atoms with Gasteiger partial charge < -0.3 is 4.84 Å². The van der Waals surface area contributed by atoms with Crippen molar-refractivity contribution in [2.45, 2.75) is 6.30 Å². The first kappa shape index (κ1) is 4.52. The van der Waals surface area contributed by atoms with Crippen molar-refractivity contribution in [2.24, 2.45) is 0 Å². The van der Waals surface area contributed by atoms with Gasteiger partial charge in [-0.15, -0.1) is 0 Å². The molecule has 0 aliphatic carbocycles. The third-order valence-electron chi connectivity index (χ3n) is 0.593. The second-order valence-electron chi connectivity index (χ2n) is 1.08. The smallest absolute Gasteiger partial charge is 0.239 e. The van der Waals surface area contributed by atoms with Crippen LogP contribution in [0, 0.1) is 0 Å². The molecule has 2 nitrogen and oxygen atoms in total. The van der Waals surface area contributed by atoms with Crippen LogP contribution in [0.5, 0.6) is 0 Å². The lowest BCUT2D eigenvalue weighted by Gasteiger charge is -2.00. The molecule has 40 valence electrons. The molecule has 0 saturated carbocycles. The van der Waals surface area contributed by atoms with E-state index in [4.69, 9.17) is 0 Å². The summed E-state index contributed by atoms with van der Waals surface area (Å²) in [5, 5.41) is -0.375. The van der Waals surface area contributed by atoms with E-state index in [0.29, 0.717) is 0 Å². The number of rotatable bonds is 0. The lowest BCUT2D eigenvalue weighted by molar-refractivity contribution is -0.268. The summed E-state index contributed by atoms with van der Waals surface area (Å²) >= 11 is 0. The lowest BCUT2D eigenvalue weighted by Crippen LogP contribution is -2.13. The summed E-state index contributed by atoms with van der Waals surface area (Å²) in [4.78, 5) is 3.88. The molecule has 0 amide bonds. The summed E-state index contributed by atoms with van der Waals surface area (Å²) < 4.78 is 23.1. The molecule has 1 aliphatic rings. The van der Waals surface area contributed by atoms with Crippen molar-refractivity contribution < 1.29 is 13.7 Å². The summed E-state index contributed by atoms with van der Waals surface area (Å²) in [6.07, 6.45) is 0.185. The molecule has 0 fully saturated rings. The van der Waals surface area contributed by atoms with Gasteiger partial charge in [-0.1, -0.05) is 4.48 Å². The maximum atomic E-state index is 11.7. The summed E-state index contributed by atoms with van der Waals surface area (Å²) in [5.41, 5.74) is 0. The minimum absolute atomic E-state index is 0.375. The molecule has 0 aromatic heterocycles. The fourth-order valence-corrected chi connectivity index (χ4v) is 0.284. The molecule has 0 N–H and O–H groups in total. The second kappa shape index (κ2) is 1.46. The second-order valence-corrected chi connectivity index (χ2v) is 1.08. The number of hydroxylamine groups is 1. The molecule has 1 unspecified atom stereocenters. The quantitative estimate of drug-likeness (QED) is 0.337. The van der Waals surface area contributed by atoms with E-state index in [1.165, 1.54) is 0 Å². The van der Waals surface area contributed by atoms with Crippen LogP contribution >= 0.6 is 0 Å². The van der Waals surface area contributed by atoms with Gasteiger partial charge in [0.15, 0.2) is 0 Å². The SMILES string of the molecule is FC1C=CON1F. The third-order valence-corrected chi connectivity index (χ3v) is 0.593. The molecule has 4 heteroatoms. The normalized spacial score (nSPS) is 30.9. The molecule has 0 spiro atoms.